The highest BCUT2D eigenvalue weighted by atomic mass is 35.5. The van der Waals surface area contributed by atoms with Gasteiger partial charge in [0.05, 0.1) is 6.42 Å². The Labute approximate surface area is 80.5 Å². The lowest BCUT2D eigenvalue weighted by atomic mass is 10.1. The first-order valence-corrected chi connectivity index (χ1v) is 4.11. The fourth-order valence-electron chi connectivity index (χ4n) is 1.01. The highest BCUT2D eigenvalue weighted by Crippen LogP contribution is 2.20. The second kappa shape index (κ2) is 3.75. The Morgan fingerprint density at radius 2 is 2.23 bits per heavy atom. The number of carbonyl (C=O) groups is 1. The minimum atomic E-state index is -0.523. The first-order chi connectivity index (χ1) is 6.00. The van der Waals surface area contributed by atoms with Crippen molar-refractivity contribution in [1.82, 2.24) is 0 Å². The van der Waals surface area contributed by atoms with Gasteiger partial charge < -0.3 is 5.73 Å². The van der Waals surface area contributed by atoms with Crippen molar-refractivity contribution in [3.8, 4) is 0 Å². The topological polar surface area (TPSA) is 43.1 Å². The zero-order valence-electron chi connectivity index (χ0n) is 7.10. The predicted molar refractivity (Wildman–Crippen MR) is 49.0 cm³/mol. The van der Waals surface area contributed by atoms with Crippen LogP contribution in [0.1, 0.15) is 11.1 Å². The molecule has 1 rings (SSSR count). The summed E-state index contributed by atoms with van der Waals surface area (Å²) in [6.07, 6.45) is -0.0317. The summed E-state index contributed by atoms with van der Waals surface area (Å²) >= 11 is 5.77. The van der Waals surface area contributed by atoms with Crippen LogP contribution >= 0.6 is 11.6 Å². The molecule has 1 aromatic rings. The minimum absolute atomic E-state index is 0.0317. The fraction of sp³-hybridized carbons (Fsp3) is 0.222. The Morgan fingerprint density at radius 1 is 1.62 bits per heavy atom. The van der Waals surface area contributed by atoms with E-state index in [-0.39, 0.29) is 12.2 Å². The van der Waals surface area contributed by atoms with E-state index in [4.69, 9.17) is 17.3 Å². The lowest BCUT2D eigenvalue weighted by Gasteiger charge is -2.03. The number of benzene rings is 1. The van der Waals surface area contributed by atoms with Crippen molar-refractivity contribution >= 4 is 17.5 Å². The standard InChI is InChI=1S/C9H9ClFNO/c1-5-2-7(10)6(3-8(5)11)4-9(12)13/h2-3H,4H2,1H3,(H2,12,13). The van der Waals surface area contributed by atoms with Gasteiger partial charge in [-0.3, -0.25) is 4.79 Å². The Bertz CT molecular complexity index is 352. The Hall–Kier alpha value is -1.09. The molecule has 70 valence electrons. The second-order valence-electron chi connectivity index (χ2n) is 2.84. The number of carbonyl (C=O) groups excluding carboxylic acids is 1. The zero-order valence-corrected chi connectivity index (χ0v) is 7.86. The van der Waals surface area contributed by atoms with Gasteiger partial charge in [0.1, 0.15) is 5.82 Å². The van der Waals surface area contributed by atoms with Crippen molar-refractivity contribution in [2.24, 2.45) is 5.73 Å². The monoisotopic (exact) mass is 201 g/mol. The number of nitrogens with two attached hydrogens (primary N) is 1. The summed E-state index contributed by atoms with van der Waals surface area (Å²) in [6.45, 7) is 1.61. The molecule has 0 aliphatic carbocycles. The van der Waals surface area contributed by atoms with E-state index in [0.717, 1.165) is 0 Å². The molecular formula is C9H9ClFNO. The van der Waals surface area contributed by atoms with Crippen LogP contribution in [0.3, 0.4) is 0 Å². The van der Waals surface area contributed by atoms with Crippen LogP contribution < -0.4 is 5.73 Å². The van der Waals surface area contributed by atoms with Crippen molar-refractivity contribution in [1.29, 1.82) is 0 Å². The highest BCUT2D eigenvalue weighted by Gasteiger charge is 2.07. The number of rotatable bonds is 2. The first kappa shape index (κ1) is 9.99. The molecule has 0 heterocycles. The van der Waals surface area contributed by atoms with E-state index in [9.17, 15) is 9.18 Å². The van der Waals surface area contributed by atoms with Gasteiger partial charge in [0, 0.05) is 5.02 Å². The summed E-state index contributed by atoms with van der Waals surface area (Å²) < 4.78 is 13.0. The molecule has 0 spiro atoms. The van der Waals surface area contributed by atoms with Crippen LogP contribution in [0.15, 0.2) is 12.1 Å². The van der Waals surface area contributed by atoms with Gasteiger partial charge in [-0.1, -0.05) is 11.6 Å². The summed E-state index contributed by atoms with van der Waals surface area (Å²) in [6, 6.07) is 2.72. The average Bonchev–Trinajstić information content (AvgIpc) is 1.99. The molecule has 0 aliphatic heterocycles. The van der Waals surface area contributed by atoms with E-state index >= 15 is 0 Å². The number of amides is 1. The number of aryl methyl sites for hydroxylation is 1. The van der Waals surface area contributed by atoms with Gasteiger partial charge in [0.2, 0.25) is 5.91 Å². The van der Waals surface area contributed by atoms with Crippen molar-refractivity contribution < 1.29 is 9.18 Å². The van der Waals surface area contributed by atoms with Crippen molar-refractivity contribution in [3.63, 3.8) is 0 Å². The second-order valence-corrected chi connectivity index (χ2v) is 3.24. The average molecular weight is 202 g/mol. The lowest BCUT2D eigenvalue weighted by molar-refractivity contribution is -0.117. The summed E-state index contributed by atoms with van der Waals surface area (Å²) in [5, 5.41) is 0.373. The summed E-state index contributed by atoms with van der Waals surface area (Å²) in [4.78, 5) is 10.6. The SMILES string of the molecule is Cc1cc(Cl)c(CC(N)=O)cc1F. The minimum Gasteiger partial charge on any atom is -0.369 e. The first-order valence-electron chi connectivity index (χ1n) is 3.73. The Morgan fingerprint density at radius 3 is 2.77 bits per heavy atom. The Balaban J connectivity index is 3.08. The van der Waals surface area contributed by atoms with Crippen LogP contribution in [0, 0.1) is 12.7 Å². The molecule has 13 heavy (non-hydrogen) atoms. The molecule has 1 aromatic carbocycles. The molecule has 0 aliphatic rings. The molecule has 0 fully saturated rings. The molecule has 2 nitrogen and oxygen atoms in total. The molecule has 0 radical (unpaired) electrons. The van der Waals surface area contributed by atoms with Crippen LogP contribution in [-0.4, -0.2) is 5.91 Å². The molecule has 0 saturated heterocycles. The maximum absolute atomic E-state index is 13.0. The molecule has 0 unspecified atom stereocenters. The van der Waals surface area contributed by atoms with Crippen LogP contribution in [-0.2, 0) is 11.2 Å². The van der Waals surface area contributed by atoms with Crippen molar-refractivity contribution in [2.45, 2.75) is 13.3 Å². The van der Waals surface area contributed by atoms with Gasteiger partial charge in [-0.15, -0.1) is 0 Å². The fourth-order valence-corrected chi connectivity index (χ4v) is 1.30. The Kier molecular flexibility index (Phi) is 2.88. The highest BCUT2D eigenvalue weighted by molar-refractivity contribution is 6.31. The van der Waals surface area contributed by atoms with Crippen LogP contribution in [0.2, 0.25) is 5.02 Å². The van der Waals surface area contributed by atoms with Crippen LogP contribution in [0.5, 0.6) is 0 Å². The number of primary amides is 1. The molecule has 0 aromatic heterocycles. The summed E-state index contributed by atoms with van der Waals surface area (Å²) in [7, 11) is 0. The molecule has 2 N–H and O–H groups in total. The van der Waals surface area contributed by atoms with E-state index in [1.807, 2.05) is 0 Å². The smallest absolute Gasteiger partial charge is 0.221 e. The summed E-state index contributed by atoms with van der Waals surface area (Å²) in [5.74, 6) is -0.897. The van der Waals surface area contributed by atoms with Gasteiger partial charge in [-0.05, 0) is 30.2 Å². The van der Waals surface area contributed by atoms with Crippen molar-refractivity contribution in [2.75, 3.05) is 0 Å². The van der Waals surface area contributed by atoms with Gasteiger partial charge >= 0.3 is 0 Å². The van der Waals surface area contributed by atoms with Gasteiger partial charge in [0.15, 0.2) is 0 Å². The maximum Gasteiger partial charge on any atom is 0.221 e. The van der Waals surface area contributed by atoms with Crippen LogP contribution in [0.4, 0.5) is 4.39 Å². The quantitative estimate of drug-likeness (QED) is 0.779. The lowest BCUT2D eigenvalue weighted by Crippen LogP contribution is -2.14. The van der Waals surface area contributed by atoms with E-state index in [1.165, 1.54) is 12.1 Å². The number of halogens is 2. The normalized spacial score (nSPS) is 10.1. The van der Waals surface area contributed by atoms with E-state index in [0.29, 0.717) is 16.1 Å². The van der Waals surface area contributed by atoms with Crippen LogP contribution in [0.25, 0.3) is 0 Å². The third-order valence-electron chi connectivity index (χ3n) is 1.69. The molecule has 1 amide bonds. The van der Waals surface area contributed by atoms with Gasteiger partial charge in [-0.25, -0.2) is 4.39 Å². The molecule has 4 heteroatoms. The number of hydrogen-bond acceptors (Lipinski definition) is 1. The van der Waals surface area contributed by atoms with Gasteiger partial charge in [-0.2, -0.15) is 0 Å². The maximum atomic E-state index is 13.0. The third kappa shape index (κ3) is 2.42. The molecular weight excluding hydrogens is 193 g/mol. The predicted octanol–water partition coefficient (Wildman–Crippen LogP) is 1.82. The largest absolute Gasteiger partial charge is 0.369 e. The van der Waals surface area contributed by atoms with Gasteiger partial charge in [0.25, 0.3) is 0 Å². The molecule has 0 atom stereocenters. The zero-order chi connectivity index (χ0) is 10.0. The number of hydrogen-bond donors (Lipinski definition) is 1. The van der Waals surface area contributed by atoms with E-state index < -0.39 is 5.91 Å². The molecule has 0 saturated carbocycles. The van der Waals surface area contributed by atoms with Crippen molar-refractivity contribution in [3.05, 3.63) is 34.1 Å². The molecule has 0 bridgehead atoms. The summed E-state index contributed by atoms with van der Waals surface area (Å²) in [5.41, 5.74) is 5.85. The third-order valence-corrected chi connectivity index (χ3v) is 2.04. The van der Waals surface area contributed by atoms with E-state index in [1.54, 1.807) is 6.92 Å². The van der Waals surface area contributed by atoms with E-state index in [2.05, 4.69) is 0 Å².